The third kappa shape index (κ3) is 3.59. The Morgan fingerprint density at radius 2 is 1.93 bits per heavy atom. The highest BCUT2D eigenvalue weighted by Gasteiger charge is 2.15. The monoisotopic (exact) mass is 379 g/mol. The molecule has 1 aliphatic heterocycles. The number of aliphatic imine (C=N–C) groups is 1. The maximum Gasteiger partial charge on any atom is 0.198 e. The minimum absolute atomic E-state index is 0.133. The molecule has 0 spiro atoms. The van der Waals surface area contributed by atoms with Gasteiger partial charge in [-0.05, 0) is 42.8 Å². The Morgan fingerprint density at radius 1 is 1.19 bits per heavy atom. The van der Waals surface area contributed by atoms with Gasteiger partial charge in [0.15, 0.2) is 5.88 Å². The van der Waals surface area contributed by atoms with Crippen molar-refractivity contribution in [2.45, 2.75) is 6.92 Å². The normalized spacial score (nSPS) is 14.9. The fourth-order valence-electron chi connectivity index (χ4n) is 3.35. The molecule has 0 atom stereocenters. The van der Waals surface area contributed by atoms with E-state index in [2.05, 4.69) is 14.9 Å². The minimum atomic E-state index is 0.133. The van der Waals surface area contributed by atoms with Crippen LogP contribution in [0.3, 0.4) is 0 Å². The zero-order chi connectivity index (χ0) is 18.8. The van der Waals surface area contributed by atoms with Crippen LogP contribution in [0.5, 0.6) is 5.88 Å². The Morgan fingerprint density at radius 3 is 2.67 bits per heavy atom. The van der Waals surface area contributed by atoms with E-state index in [1.807, 2.05) is 49.4 Å². The minimum Gasteiger partial charge on any atom is -0.494 e. The second-order valence-corrected chi connectivity index (χ2v) is 6.98. The van der Waals surface area contributed by atoms with Crippen LogP contribution in [0.15, 0.2) is 47.5 Å². The summed E-state index contributed by atoms with van der Waals surface area (Å²) in [5.41, 5.74) is 4.52. The lowest BCUT2D eigenvalue weighted by atomic mass is 10.1. The van der Waals surface area contributed by atoms with Crippen LogP contribution in [0.1, 0.15) is 16.7 Å². The number of aromatic amines is 1. The van der Waals surface area contributed by atoms with Gasteiger partial charge in [0.2, 0.25) is 0 Å². The number of rotatable bonds is 3. The molecule has 2 N–H and O–H groups in total. The van der Waals surface area contributed by atoms with Crippen LogP contribution >= 0.6 is 12.2 Å². The average molecular weight is 379 g/mol. The molecular weight excluding hydrogens is 358 g/mol. The van der Waals surface area contributed by atoms with Crippen LogP contribution in [0.4, 0.5) is 5.69 Å². The predicted octanol–water partition coefficient (Wildman–Crippen LogP) is 3.94. The Hall–Kier alpha value is -2.70. The molecule has 0 amide bonds. The van der Waals surface area contributed by atoms with Gasteiger partial charge in [0.25, 0.3) is 0 Å². The molecule has 1 fully saturated rings. The number of nitrogens with zero attached hydrogens (tertiary/aromatic N) is 2. The molecule has 4 rings (SSSR count). The molecule has 0 saturated carbocycles. The zero-order valence-corrected chi connectivity index (χ0v) is 15.9. The molecule has 0 bridgehead atoms. The van der Waals surface area contributed by atoms with Gasteiger partial charge in [-0.2, -0.15) is 0 Å². The lowest BCUT2D eigenvalue weighted by Gasteiger charge is -2.29. The Labute approximate surface area is 163 Å². The number of nitrogens with one attached hydrogen (secondary N) is 1. The summed E-state index contributed by atoms with van der Waals surface area (Å²) in [6, 6.07) is 13.8. The van der Waals surface area contributed by atoms with Crippen LogP contribution in [-0.2, 0) is 4.74 Å². The smallest absolute Gasteiger partial charge is 0.198 e. The highest BCUT2D eigenvalue weighted by atomic mass is 32.1. The van der Waals surface area contributed by atoms with E-state index in [0.717, 1.165) is 59.0 Å². The van der Waals surface area contributed by atoms with Crippen LogP contribution in [-0.4, -0.2) is 52.5 Å². The summed E-state index contributed by atoms with van der Waals surface area (Å²) in [4.78, 5) is 10.5. The molecule has 0 unspecified atom stereocenters. The third-order valence-corrected chi connectivity index (χ3v) is 5.30. The lowest BCUT2D eigenvalue weighted by Crippen LogP contribution is -2.40. The van der Waals surface area contributed by atoms with E-state index in [1.165, 1.54) is 0 Å². The van der Waals surface area contributed by atoms with Crippen LogP contribution < -0.4 is 0 Å². The molecule has 5 nitrogen and oxygen atoms in total. The van der Waals surface area contributed by atoms with Crippen molar-refractivity contribution >= 4 is 40.0 Å². The highest BCUT2D eigenvalue weighted by Crippen LogP contribution is 2.29. The molecule has 2 aromatic carbocycles. The molecule has 1 aromatic heterocycles. The maximum atomic E-state index is 10.2. The van der Waals surface area contributed by atoms with Crippen LogP contribution in [0.2, 0.25) is 0 Å². The van der Waals surface area contributed by atoms with Gasteiger partial charge in [0.1, 0.15) is 4.99 Å². The fourth-order valence-corrected chi connectivity index (χ4v) is 3.67. The highest BCUT2D eigenvalue weighted by molar-refractivity contribution is 7.80. The molecule has 0 aliphatic carbocycles. The topological polar surface area (TPSA) is 60.8 Å². The second-order valence-electron chi connectivity index (χ2n) is 6.59. The molecular formula is C21H21N3O2S. The first kappa shape index (κ1) is 17.7. The summed E-state index contributed by atoms with van der Waals surface area (Å²) in [6.07, 6.45) is 1.70. The summed E-state index contributed by atoms with van der Waals surface area (Å²) in [5.74, 6) is 0.133. The van der Waals surface area contributed by atoms with Gasteiger partial charge in [0, 0.05) is 35.8 Å². The summed E-state index contributed by atoms with van der Waals surface area (Å²) < 4.78 is 5.38. The van der Waals surface area contributed by atoms with E-state index in [-0.39, 0.29) is 5.88 Å². The molecule has 138 valence electrons. The fraction of sp³-hybridized carbons (Fsp3) is 0.238. The van der Waals surface area contributed by atoms with Gasteiger partial charge >= 0.3 is 0 Å². The lowest BCUT2D eigenvalue weighted by molar-refractivity contribution is 0.0693. The van der Waals surface area contributed by atoms with Gasteiger partial charge < -0.3 is 19.7 Å². The van der Waals surface area contributed by atoms with Gasteiger partial charge in [-0.3, -0.25) is 4.99 Å². The molecule has 6 heteroatoms. The standard InChI is InChI=1S/C21H21N3O2S/c1-14-3-2-4-18-19(14)17(20(25)23-18)13-22-16-7-5-15(6-8-16)21(27)24-9-11-26-12-10-24/h2-8,13,23,25H,9-12H2,1H3. The Kier molecular flexibility index (Phi) is 4.92. The van der Waals surface area contributed by atoms with Gasteiger partial charge in [-0.15, -0.1) is 0 Å². The Balaban J connectivity index is 1.55. The largest absolute Gasteiger partial charge is 0.494 e. The van der Waals surface area contributed by atoms with Crippen molar-refractivity contribution < 1.29 is 9.84 Å². The SMILES string of the molecule is Cc1cccc2[nH]c(O)c(C=Nc3ccc(C(=S)N4CCOCC4)cc3)c12. The number of hydrogen-bond acceptors (Lipinski definition) is 4. The average Bonchev–Trinajstić information content (AvgIpc) is 3.03. The molecule has 0 radical (unpaired) electrons. The number of fused-ring (bicyclic) bond motifs is 1. The third-order valence-electron chi connectivity index (χ3n) is 4.81. The summed E-state index contributed by atoms with van der Waals surface area (Å²) >= 11 is 5.59. The van der Waals surface area contributed by atoms with Crippen LogP contribution in [0.25, 0.3) is 10.9 Å². The number of aryl methyl sites for hydroxylation is 1. The first-order chi connectivity index (χ1) is 13.1. The van der Waals surface area contributed by atoms with Crippen molar-refractivity contribution in [1.82, 2.24) is 9.88 Å². The molecule has 1 aliphatic rings. The number of morpholine rings is 1. The van der Waals surface area contributed by atoms with Crippen molar-refractivity contribution in [3.05, 3.63) is 59.2 Å². The number of aromatic nitrogens is 1. The van der Waals surface area contributed by atoms with E-state index in [1.54, 1.807) is 6.21 Å². The maximum absolute atomic E-state index is 10.2. The van der Waals surface area contributed by atoms with Gasteiger partial charge in [-0.1, -0.05) is 24.4 Å². The Bertz CT molecular complexity index is 1000. The van der Waals surface area contributed by atoms with E-state index in [9.17, 15) is 5.11 Å². The molecule has 1 saturated heterocycles. The molecule has 3 aromatic rings. The van der Waals surface area contributed by atoms with Gasteiger partial charge in [0.05, 0.1) is 24.5 Å². The zero-order valence-electron chi connectivity index (χ0n) is 15.1. The van der Waals surface area contributed by atoms with E-state index >= 15 is 0 Å². The van der Waals surface area contributed by atoms with Crippen LogP contribution in [0, 0.1) is 6.92 Å². The van der Waals surface area contributed by atoms with Gasteiger partial charge in [-0.25, -0.2) is 0 Å². The van der Waals surface area contributed by atoms with Crippen molar-refractivity contribution in [2.75, 3.05) is 26.3 Å². The summed E-state index contributed by atoms with van der Waals surface area (Å²) in [5, 5.41) is 11.2. The molecule has 27 heavy (non-hydrogen) atoms. The number of aromatic hydroxyl groups is 1. The van der Waals surface area contributed by atoms with E-state index in [0.29, 0.717) is 5.56 Å². The molecule has 2 heterocycles. The summed E-state index contributed by atoms with van der Waals surface area (Å²) in [6.45, 7) is 5.12. The first-order valence-corrected chi connectivity index (χ1v) is 9.36. The van der Waals surface area contributed by atoms with Crippen molar-refractivity contribution in [3.8, 4) is 5.88 Å². The predicted molar refractivity (Wildman–Crippen MR) is 112 cm³/mol. The first-order valence-electron chi connectivity index (χ1n) is 8.95. The number of thiocarbonyl (C=S) groups is 1. The van der Waals surface area contributed by atoms with E-state index in [4.69, 9.17) is 17.0 Å². The number of hydrogen-bond donors (Lipinski definition) is 2. The van der Waals surface area contributed by atoms with E-state index < -0.39 is 0 Å². The summed E-state index contributed by atoms with van der Waals surface area (Å²) in [7, 11) is 0. The van der Waals surface area contributed by atoms with Crippen molar-refractivity contribution in [1.29, 1.82) is 0 Å². The second kappa shape index (κ2) is 7.50. The van der Waals surface area contributed by atoms with Crippen molar-refractivity contribution in [2.24, 2.45) is 4.99 Å². The number of ether oxygens (including phenoxy) is 1. The van der Waals surface area contributed by atoms with Crippen molar-refractivity contribution in [3.63, 3.8) is 0 Å². The number of benzene rings is 2. The number of H-pyrrole nitrogens is 1. The quantitative estimate of drug-likeness (QED) is 0.535.